The Morgan fingerprint density at radius 1 is 1.26 bits per heavy atom. The molecule has 0 unspecified atom stereocenters. The third-order valence-electron chi connectivity index (χ3n) is 2.36. The van der Waals surface area contributed by atoms with Gasteiger partial charge in [-0.1, -0.05) is 0 Å². The summed E-state index contributed by atoms with van der Waals surface area (Å²) in [4.78, 5) is 11.4. The fourth-order valence-corrected chi connectivity index (χ4v) is 1.58. The van der Waals surface area contributed by atoms with Crippen molar-refractivity contribution in [2.24, 2.45) is 0 Å². The van der Waals surface area contributed by atoms with E-state index >= 15 is 0 Å². The first-order valence-electron chi connectivity index (χ1n) is 5.57. The summed E-state index contributed by atoms with van der Waals surface area (Å²) in [7, 11) is 0. The summed E-state index contributed by atoms with van der Waals surface area (Å²) in [6.45, 7) is 0. The van der Waals surface area contributed by atoms with E-state index in [-0.39, 0.29) is 6.42 Å². The highest BCUT2D eigenvalue weighted by atomic mass is 35.5. The average molecular weight is 298 g/mol. The van der Waals surface area contributed by atoms with Crippen molar-refractivity contribution in [1.29, 1.82) is 0 Å². The van der Waals surface area contributed by atoms with Crippen molar-refractivity contribution in [2.45, 2.75) is 25.4 Å². The van der Waals surface area contributed by atoms with Crippen LogP contribution in [0.1, 0.15) is 24.8 Å². The summed E-state index contributed by atoms with van der Waals surface area (Å²) in [5.41, 5.74) is -1.48. The molecule has 0 aliphatic carbocycles. The molecule has 2 nitrogen and oxygen atoms in total. The summed E-state index contributed by atoms with van der Waals surface area (Å²) in [5.74, 6) is -1.05. The van der Waals surface area contributed by atoms with Crippen LogP contribution in [-0.4, -0.2) is 11.8 Å². The lowest BCUT2D eigenvalue weighted by Gasteiger charge is -2.10. The van der Waals surface area contributed by atoms with Crippen LogP contribution in [-0.2, 0) is 11.0 Å². The summed E-state index contributed by atoms with van der Waals surface area (Å²) >= 11 is 5.42. The Kier molecular flexibility index (Phi) is 5.60. The minimum absolute atomic E-state index is 0.0857. The van der Waals surface area contributed by atoms with Crippen LogP contribution in [0, 0.1) is 5.82 Å². The maximum Gasteiger partial charge on any atom is 0.416 e. The number of carbonyl (C=O) groups is 1. The predicted octanol–water partition coefficient (Wildman–Crippen LogP) is 4.19. The van der Waals surface area contributed by atoms with E-state index in [2.05, 4.69) is 5.32 Å². The van der Waals surface area contributed by atoms with Crippen LogP contribution in [0.25, 0.3) is 0 Å². The minimum Gasteiger partial charge on any atom is -0.324 e. The number of benzene rings is 1. The molecule has 1 rings (SSSR count). The highest BCUT2D eigenvalue weighted by Gasteiger charge is 2.31. The molecule has 0 saturated carbocycles. The van der Waals surface area contributed by atoms with Crippen LogP contribution >= 0.6 is 11.6 Å². The predicted molar refractivity (Wildman–Crippen MR) is 64.6 cm³/mol. The smallest absolute Gasteiger partial charge is 0.324 e. The van der Waals surface area contributed by atoms with Crippen LogP contribution in [0.3, 0.4) is 0 Å². The van der Waals surface area contributed by atoms with Gasteiger partial charge in [0, 0.05) is 12.3 Å². The third-order valence-corrected chi connectivity index (χ3v) is 2.62. The first-order valence-corrected chi connectivity index (χ1v) is 6.10. The first-order chi connectivity index (χ1) is 8.84. The van der Waals surface area contributed by atoms with Crippen LogP contribution in [0.2, 0.25) is 0 Å². The molecule has 0 saturated heterocycles. The molecule has 0 aromatic heterocycles. The maximum absolute atomic E-state index is 13.3. The second-order valence-electron chi connectivity index (χ2n) is 3.89. The van der Waals surface area contributed by atoms with Gasteiger partial charge in [0.25, 0.3) is 0 Å². The number of rotatable bonds is 5. The molecular formula is C12H12ClF4NO. The highest BCUT2D eigenvalue weighted by Crippen LogP contribution is 2.31. The number of nitrogens with one attached hydrogen (secondary N) is 1. The maximum atomic E-state index is 13.3. The van der Waals surface area contributed by atoms with Gasteiger partial charge in [0.05, 0.1) is 11.3 Å². The minimum atomic E-state index is -4.58. The van der Waals surface area contributed by atoms with Gasteiger partial charge in [-0.05, 0) is 31.0 Å². The van der Waals surface area contributed by atoms with Gasteiger partial charge in [0.2, 0.25) is 5.91 Å². The van der Waals surface area contributed by atoms with Crippen molar-refractivity contribution in [3.05, 3.63) is 29.6 Å². The van der Waals surface area contributed by atoms with Crippen molar-refractivity contribution in [2.75, 3.05) is 11.2 Å². The molecule has 1 amide bonds. The number of anilines is 1. The van der Waals surface area contributed by atoms with E-state index in [1.807, 2.05) is 0 Å². The van der Waals surface area contributed by atoms with Crippen molar-refractivity contribution in [1.82, 2.24) is 0 Å². The molecule has 0 aliphatic rings. The molecule has 0 radical (unpaired) electrons. The van der Waals surface area contributed by atoms with Gasteiger partial charge in [-0.15, -0.1) is 11.6 Å². The molecule has 106 valence electrons. The molecule has 19 heavy (non-hydrogen) atoms. The molecule has 0 spiro atoms. The van der Waals surface area contributed by atoms with Crippen molar-refractivity contribution >= 4 is 23.2 Å². The Labute approximate surface area is 112 Å². The number of unbranched alkanes of at least 4 members (excludes halogenated alkanes) is 1. The van der Waals surface area contributed by atoms with Gasteiger partial charge in [0.1, 0.15) is 5.82 Å². The van der Waals surface area contributed by atoms with Crippen LogP contribution < -0.4 is 5.32 Å². The van der Waals surface area contributed by atoms with E-state index in [1.165, 1.54) is 0 Å². The second-order valence-corrected chi connectivity index (χ2v) is 4.26. The topological polar surface area (TPSA) is 29.1 Å². The Balaban J connectivity index is 2.74. The standard InChI is InChI=1S/C12H12ClF4NO/c13-6-2-1-3-11(19)18-10-7-8(12(15,16)17)4-5-9(10)14/h4-5,7H,1-3,6H2,(H,18,19). The van der Waals surface area contributed by atoms with E-state index in [0.29, 0.717) is 36.9 Å². The first kappa shape index (κ1) is 15.8. The summed E-state index contributed by atoms with van der Waals surface area (Å²) < 4.78 is 50.6. The van der Waals surface area contributed by atoms with E-state index in [9.17, 15) is 22.4 Å². The molecule has 0 heterocycles. The zero-order valence-corrected chi connectivity index (χ0v) is 10.6. The number of carbonyl (C=O) groups excluding carboxylic acids is 1. The third kappa shape index (κ3) is 5.06. The highest BCUT2D eigenvalue weighted by molar-refractivity contribution is 6.17. The fraction of sp³-hybridized carbons (Fsp3) is 0.417. The van der Waals surface area contributed by atoms with Gasteiger partial charge < -0.3 is 5.32 Å². The zero-order valence-electron chi connectivity index (χ0n) is 9.86. The lowest BCUT2D eigenvalue weighted by Crippen LogP contribution is -2.14. The van der Waals surface area contributed by atoms with E-state index in [0.717, 1.165) is 0 Å². The van der Waals surface area contributed by atoms with Gasteiger partial charge in [-0.25, -0.2) is 4.39 Å². The van der Waals surface area contributed by atoms with Gasteiger partial charge in [-0.2, -0.15) is 13.2 Å². The van der Waals surface area contributed by atoms with Crippen LogP contribution in [0.4, 0.5) is 23.2 Å². The lowest BCUT2D eigenvalue weighted by molar-refractivity contribution is -0.137. The van der Waals surface area contributed by atoms with Gasteiger partial charge in [-0.3, -0.25) is 4.79 Å². The van der Waals surface area contributed by atoms with Gasteiger partial charge in [0.15, 0.2) is 0 Å². The van der Waals surface area contributed by atoms with Crippen molar-refractivity contribution in [3.8, 4) is 0 Å². The summed E-state index contributed by atoms with van der Waals surface area (Å²) in [6.07, 6.45) is -3.38. The Morgan fingerprint density at radius 3 is 2.53 bits per heavy atom. The molecular weight excluding hydrogens is 286 g/mol. The molecule has 0 atom stereocenters. The Hall–Kier alpha value is -1.30. The number of hydrogen-bond donors (Lipinski definition) is 1. The average Bonchev–Trinajstić information content (AvgIpc) is 2.31. The Morgan fingerprint density at radius 2 is 1.95 bits per heavy atom. The molecule has 7 heteroatoms. The van der Waals surface area contributed by atoms with E-state index in [1.54, 1.807) is 0 Å². The Bertz CT molecular complexity index is 448. The second kappa shape index (κ2) is 6.75. The quantitative estimate of drug-likeness (QED) is 0.493. The monoisotopic (exact) mass is 297 g/mol. The van der Waals surface area contributed by atoms with E-state index < -0.39 is 29.2 Å². The van der Waals surface area contributed by atoms with Crippen LogP contribution in [0.5, 0.6) is 0 Å². The summed E-state index contributed by atoms with van der Waals surface area (Å²) in [6, 6.07) is 1.88. The van der Waals surface area contributed by atoms with Crippen molar-refractivity contribution in [3.63, 3.8) is 0 Å². The van der Waals surface area contributed by atoms with Gasteiger partial charge >= 0.3 is 6.18 Å². The SMILES string of the molecule is O=C(CCCCCl)Nc1cc(C(F)(F)F)ccc1F. The normalized spacial score (nSPS) is 11.4. The number of halogens is 5. The van der Waals surface area contributed by atoms with Crippen LogP contribution in [0.15, 0.2) is 18.2 Å². The largest absolute Gasteiger partial charge is 0.416 e. The molecule has 1 aromatic carbocycles. The summed E-state index contributed by atoms with van der Waals surface area (Å²) in [5, 5.41) is 2.12. The molecule has 0 aliphatic heterocycles. The zero-order chi connectivity index (χ0) is 14.5. The lowest BCUT2D eigenvalue weighted by atomic mass is 10.1. The number of amides is 1. The molecule has 1 aromatic rings. The number of alkyl halides is 4. The fourth-order valence-electron chi connectivity index (χ4n) is 1.39. The molecule has 1 N–H and O–H groups in total. The van der Waals surface area contributed by atoms with Crippen molar-refractivity contribution < 1.29 is 22.4 Å². The van der Waals surface area contributed by atoms with E-state index in [4.69, 9.17) is 11.6 Å². The number of hydrogen-bond acceptors (Lipinski definition) is 1. The molecule has 0 bridgehead atoms. The molecule has 0 fully saturated rings.